The first-order valence-corrected chi connectivity index (χ1v) is 5.98. The third-order valence-corrected chi connectivity index (χ3v) is 2.88. The van der Waals surface area contributed by atoms with Gasteiger partial charge in [0.1, 0.15) is 5.82 Å². The van der Waals surface area contributed by atoms with Crippen LogP contribution in [-0.4, -0.2) is 6.54 Å². The molecule has 2 rings (SSSR count). The van der Waals surface area contributed by atoms with Crippen LogP contribution >= 0.6 is 0 Å². The zero-order chi connectivity index (χ0) is 13.0. The van der Waals surface area contributed by atoms with Gasteiger partial charge in [-0.2, -0.15) is 0 Å². The van der Waals surface area contributed by atoms with Crippen LogP contribution in [0.3, 0.4) is 0 Å². The van der Waals surface area contributed by atoms with Crippen LogP contribution in [0.15, 0.2) is 48.5 Å². The molecule has 0 aliphatic rings. The average molecular weight is 244 g/mol. The predicted molar refractivity (Wildman–Crippen MR) is 73.0 cm³/mol. The van der Waals surface area contributed by atoms with Crippen molar-refractivity contribution in [1.82, 2.24) is 0 Å². The van der Waals surface area contributed by atoms with E-state index in [9.17, 15) is 4.39 Å². The van der Waals surface area contributed by atoms with Gasteiger partial charge in [-0.15, -0.1) is 0 Å². The lowest BCUT2D eigenvalue weighted by atomic mass is 10.0. The summed E-state index contributed by atoms with van der Waals surface area (Å²) in [7, 11) is 0. The monoisotopic (exact) mass is 244 g/mol. The summed E-state index contributed by atoms with van der Waals surface area (Å²) in [6, 6.07) is 14.6. The molecule has 0 radical (unpaired) electrons. The summed E-state index contributed by atoms with van der Waals surface area (Å²) in [6.07, 6.45) is 0. The van der Waals surface area contributed by atoms with E-state index in [0.29, 0.717) is 6.54 Å². The molecule has 2 aromatic rings. The number of hydrogen-bond donors (Lipinski definition) is 2. The lowest BCUT2D eigenvalue weighted by molar-refractivity contribution is 0.627. The average Bonchev–Trinajstić information content (AvgIpc) is 2.37. The molecule has 0 aromatic heterocycles. The van der Waals surface area contributed by atoms with Crippen molar-refractivity contribution >= 4 is 5.69 Å². The Bertz CT molecular complexity index is 508. The summed E-state index contributed by atoms with van der Waals surface area (Å²) in [5, 5.41) is 3.24. The zero-order valence-electron chi connectivity index (χ0n) is 10.4. The van der Waals surface area contributed by atoms with E-state index in [-0.39, 0.29) is 11.9 Å². The molecule has 0 heterocycles. The van der Waals surface area contributed by atoms with Crippen LogP contribution in [-0.2, 0) is 0 Å². The summed E-state index contributed by atoms with van der Waals surface area (Å²) in [4.78, 5) is 0. The summed E-state index contributed by atoms with van der Waals surface area (Å²) >= 11 is 0. The Balaban J connectivity index is 2.17. The molecule has 2 nitrogen and oxygen atoms in total. The fourth-order valence-corrected chi connectivity index (χ4v) is 1.86. The minimum absolute atomic E-state index is 0.00704. The maximum absolute atomic E-state index is 13.1. The van der Waals surface area contributed by atoms with E-state index in [1.807, 2.05) is 37.3 Å². The fraction of sp³-hybridized carbons (Fsp3) is 0.200. The second-order valence-corrected chi connectivity index (χ2v) is 4.35. The predicted octanol–water partition coefficient (Wildman–Crippen LogP) is 3.25. The zero-order valence-corrected chi connectivity index (χ0v) is 10.4. The van der Waals surface area contributed by atoms with Crippen molar-refractivity contribution in [1.29, 1.82) is 0 Å². The smallest absolute Gasteiger partial charge is 0.125 e. The molecule has 2 aromatic carbocycles. The summed E-state index contributed by atoms with van der Waals surface area (Å²) in [6.45, 7) is 2.50. The summed E-state index contributed by atoms with van der Waals surface area (Å²) in [5.74, 6) is -0.250. The van der Waals surface area contributed by atoms with E-state index in [0.717, 1.165) is 11.3 Å². The highest BCUT2D eigenvalue weighted by Gasteiger charge is 2.09. The molecule has 0 saturated carbocycles. The first-order chi connectivity index (χ1) is 8.69. The van der Waals surface area contributed by atoms with Crippen molar-refractivity contribution in [3.63, 3.8) is 0 Å². The van der Waals surface area contributed by atoms with Crippen LogP contribution in [0.4, 0.5) is 10.1 Å². The van der Waals surface area contributed by atoms with E-state index in [4.69, 9.17) is 5.73 Å². The van der Waals surface area contributed by atoms with Crippen molar-refractivity contribution in [2.75, 3.05) is 11.9 Å². The fourth-order valence-electron chi connectivity index (χ4n) is 1.86. The highest BCUT2D eigenvalue weighted by molar-refractivity contribution is 5.46. The molecule has 0 bridgehead atoms. The topological polar surface area (TPSA) is 38.0 Å². The molecule has 0 aliphatic heterocycles. The third-order valence-electron chi connectivity index (χ3n) is 2.88. The minimum Gasteiger partial charge on any atom is -0.377 e. The second kappa shape index (κ2) is 5.65. The van der Waals surface area contributed by atoms with E-state index < -0.39 is 0 Å². The normalized spacial score (nSPS) is 12.2. The van der Waals surface area contributed by atoms with Crippen LogP contribution in [0.25, 0.3) is 0 Å². The molecule has 18 heavy (non-hydrogen) atoms. The molecule has 1 unspecified atom stereocenters. The lowest BCUT2D eigenvalue weighted by Crippen LogP contribution is -2.20. The van der Waals surface area contributed by atoms with Crippen LogP contribution in [0, 0.1) is 12.7 Å². The number of nitrogens with two attached hydrogens (primary N) is 1. The quantitative estimate of drug-likeness (QED) is 0.866. The molecule has 3 heteroatoms. The van der Waals surface area contributed by atoms with Crippen molar-refractivity contribution in [3.8, 4) is 0 Å². The molecule has 0 spiro atoms. The number of anilines is 1. The van der Waals surface area contributed by atoms with Gasteiger partial charge in [-0.1, -0.05) is 35.9 Å². The third kappa shape index (κ3) is 3.08. The van der Waals surface area contributed by atoms with Gasteiger partial charge in [0, 0.05) is 12.2 Å². The van der Waals surface area contributed by atoms with Crippen LogP contribution in [0.2, 0.25) is 0 Å². The molecule has 94 valence electrons. The molecule has 0 aliphatic carbocycles. The maximum atomic E-state index is 13.1. The first-order valence-electron chi connectivity index (χ1n) is 5.98. The van der Waals surface area contributed by atoms with Gasteiger partial charge >= 0.3 is 0 Å². The minimum atomic E-state index is -0.250. The van der Waals surface area contributed by atoms with Gasteiger partial charge < -0.3 is 11.1 Å². The number of halogens is 1. The van der Waals surface area contributed by atoms with E-state index in [1.54, 1.807) is 6.07 Å². The van der Waals surface area contributed by atoms with Gasteiger partial charge in [0.15, 0.2) is 0 Å². The SMILES string of the molecule is Cc1ccc(C(CN)Nc2cccc(F)c2)cc1. The molecule has 0 saturated heterocycles. The summed E-state index contributed by atoms with van der Waals surface area (Å²) in [5.41, 5.74) is 8.83. The molecule has 0 amide bonds. The number of benzene rings is 2. The Labute approximate surface area is 107 Å². The van der Waals surface area contributed by atoms with Crippen LogP contribution in [0.5, 0.6) is 0 Å². The van der Waals surface area contributed by atoms with E-state index in [2.05, 4.69) is 5.32 Å². The second-order valence-electron chi connectivity index (χ2n) is 4.35. The number of nitrogens with one attached hydrogen (secondary N) is 1. The van der Waals surface area contributed by atoms with Crippen molar-refractivity contribution in [3.05, 3.63) is 65.5 Å². The Morgan fingerprint density at radius 1 is 1.17 bits per heavy atom. The molecular weight excluding hydrogens is 227 g/mol. The van der Waals surface area contributed by atoms with Gasteiger partial charge in [-0.3, -0.25) is 0 Å². The van der Waals surface area contributed by atoms with Gasteiger partial charge in [-0.25, -0.2) is 4.39 Å². The van der Waals surface area contributed by atoms with Crippen LogP contribution in [0.1, 0.15) is 17.2 Å². The van der Waals surface area contributed by atoms with Crippen molar-refractivity contribution in [2.24, 2.45) is 5.73 Å². The lowest BCUT2D eigenvalue weighted by Gasteiger charge is -2.18. The van der Waals surface area contributed by atoms with Gasteiger partial charge in [0.25, 0.3) is 0 Å². The Hall–Kier alpha value is -1.87. The van der Waals surface area contributed by atoms with E-state index >= 15 is 0 Å². The van der Waals surface area contributed by atoms with Gasteiger partial charge in [0.05, 0.1) is 6.04 Å². The number of hydrogen-bond acceptors (Lipinski definition) is 2. The largest absolute Gasteiger partial charge is 0.377 e. The van der Waals surface area contributed by atoms with Gasteiger partial charge in [0.2, 0.25) is 0 Å². The van der Waals surface area contributed by atoms with Crippen LogP contribution < -0.4 is 11.1 Å². The van der Waals surface area contributed by atoms with Crippen molar-refractivity contribution in [2.45, 2.75) is 13.0 Å². The molecule has 0 fully saturated rings. The highest BCUT2D eigenvalue weighted by atomic mass is 19.1. The van der Waals surface area contributed by atoms with Crippen molar-refractivity contribution < 1.29 is 4.39 Å². The standard InChI is InChI=1S/C15H17FN2/c1-11-5-7-12(8-6-11)15(10-17)18-14-4-2-3-13(16)9-14/h2-9,15,18H,10,17H2,1H3. The Morgan fingerprint density at radius 2 is 1.89 bits per heavy atom. The first kappa shape index (κ1) is 12.6. The molecule has 3 N–H and O–H groups in total. The summed E-state index contributed by atoms with van der Waals surface area (Å²) < 4.78 is 13.1. The van der Waals surface area contributed by atoms with E-state index in [1.165, 1.54) is 17.7 Å². The molecular formula is C15H17FN2. The number of rotatable bonds is 4. The maximum Gasteiger partial charge on any atom is 0.125 e. The Kier molecular flexibility index (Phi) is 3.95. The molecule has 1 atom stereocenters. The number of aryl methyl sites for hydroxylation is 1. The highest BCUT2D eigenvalue weighted by Crippen LogP contribution is 2.19. The Morgan fingerprint density at radius 3 is 2.50 bits per heavy atom. The van der Waals surface area contributed by atoms with Gasteiger partial charge in [-0.05, 0) is 30.7 Å².